The van der Waals surface area contributed by atoms with E-state index in [-0.39, 0.29) is 5.75 Å². The highest BCUT2D eigenvalue weighted by Crippen LogP contribution is 2.30. The molecule has 4 rings (SSSR count). The minimum absolute atomic E-state index is 0.239. The zero-order valence-corrected chi connectivity index (χ0v) is 21.0. The molecule has 0 spiro atoms. The highest BCUT2D eigenvalue weighted by atomic mass is 32.1. The Kier molecular flexibility index (Phi) is 8.08. The normalized spacial score (nSPS) is 14.2. The van der Waals surface area contributed by atoms with Crippen LogP contribution in [0.1, 0.15) is 48.4 Å². The van der Waals surface area contributed by atoms with E-state index >= 15 is 0 Å². The molecular weight excluding hydrogens is 501 g/mol. The van der Waals surface area contributed by atoms with Crippen LogP contribution in [0.3, 0.4) is 0 Å². The molecule has 0 atom stereocenters. The molecule has 37 heavy (non-hydrogen) atoms. The summed E-state index contributed by atoms with van der Waals surface area (Å²) in [5, 5.41) is 11.9. The lowest BCUT2D eigenvalue weighted by molar-refractivity contribution is -0.274. The molecule has 0 bridgehead atoms. The first-order valence-electron chi connectivity index (χ1n) is 11.6. The third-order valence-corrected chi connectivity index (χ3v) is 5.80. The van der Waals surface area contributed by atoms with E-state index in [9.17, 15) is 13.2 Å². The summed E-state index contributed by atoms with van der Waals surface area (Å²) in [6, 6.07) is 19.3. The fraction of sp³-hybridized carbons (Fsp3) is 0.222. The molecule has 0 amide bonds. The number of anilines is 1. The number of halogens is 3. The quantitative estimate of drug-likeness (QED) is 0.202. The van der Waals surface area contributed by atoms with E-state index in [0.717, 1.165) is 27.9 Å². The van der Waals surface area contributed by atoms with Crippen LogP contribution in [0.2, 0.25) is 0 Å². The predicted octanol–water partition coefficient (Wildman–Crippen LogP) is 6.76. The molecule has 0 radical (unpaired) electrons. The SMILES string of the molecule is CC(C)c1ccccc1NC(=S)NN=Cc1ccc(ON=C2CCc3cc(OC(F)(F)F)ccc32)cc1. The number of benzene rings is 3. The van der Waals surface area contributed by atoms with Crippen LogP contribution < -0.4 is 20.3 Å². The third-order valence-electron chi connectivity index (χ3n) is 5.60. The number of alkyl halides is 3. The van der Waals surface area contributed by atoms with Crippen molar-refractivity contribution in [3.05, 3.63) is 89.0 Å². The summed E-state index contributed by atoms with van der Waals surface area (Å²) in [6.45, 7) is 4.24. The first-order chi connectivity index (χ1) is 17.7. The van der Waals surface area contributed by atoms with Crippen LogP contribution in [-0.2, 0) is 6.42 Å². The maximum Gasteiger partial charge on any atom is 0.573 e. The van der Waals surface area contributed by atoms with Crippen LogP contribution in [0.25, 0.3) is 0 Å². The van der Waals surface area contributed by atoms with Gasteiger partial charge in [0.05, 0.1) is 11.9 Å². The van der Waals surface area contributed by atoms with E-state index in [1.165, 1.54) is 12.1 Å². The molecule has 0 aromatic heterocycles. The fourth-order valence-electron chi connectivity index (χ4n) is 3.89. The van der Waals surface area contributed by atoms with Crippen LogP contribution in [0.4, 0.5) is 18.9 Å². The smallest absolute Gasteiger partial charge is 0.406 e. The Labute approximate surface area is 218 Å². The number of nitrogens with zero attached hydrogens (tertiary/aromatic N) is 2. The summed E-state index contributed by atoms with van der Waals surface area (Å²) in [7, 11) is 0. The lowest BCUT2D eigenvalue weighted by Gasteiger charge is -2.14. The van der Waals surface area contributed by atoms with Crippen LogP contribution in [0, 0.1) is 0 Å². The monoisotopic (exact) mass is 526 g/mol. The molecule has 0 saturated carbocycles. The predicted molar refractivity (Wildman–Crippen MR) is 143 cm³/mol. The van der Waals surface area contributed by atoms with Gasteiger partial charge in [0, 0.05) is 11.3 Å². The molecule has 0 unspecified atom stereocenters. The molecule has 2 N–H and O–H groups in total. The molecular formula is C27H25F3N4O2S. The van der Waals surface area contributed by atoms with E-state index in [0.29, 0.717) is 35.3 Å². The number of hydrazone groups is 1. The summed E-state index contributed by atoms with van der Waals surface area (Å²) in [6.07, 6.45) is -1.96. The number of hydrogen-bond acceptors (Lipinski definition) is 5. The average molecular weight is 527 g/mol. The van der Waals surface area contributed by atoms with Crippen molar-refractivity contribution in [2.45, 2.75) is 39.0 Å². The van der Waals surface area contributed by atoms with E-state index < -0.39 is 6.36 Å². The molecule has 0 fully saturated rings. The van der Waals surface area contributed by atoms with Gasteiger partial charge in [-0.25, -0.2) is 0 Å². The highest BCUT2D eigenvalue weighted by molar-refractivity contribution is 7.80. The Morgan fingerprint density at radius 2 is 1.73 bits per heavy atom. The number of ether oxygens (including phenoxy) is 1. The number of fused-ring (bicyclic) bond motifs is 1. The van der Waals surface area contributed by atoms with Crippen molar-refractivity contribution in [2.75, 3.05) is 5.32 Å². The van der Waals surface area contributed by atoms with Crippen LogP contribution in [0.5, 0.6) is 11.5 Å². The summed E-state index contributed by atoms with van der Waals surface area (Å²) >= 11 is 5.34. The first-order valence-corrected chi connectivity index (χ1v) is 12.0. The van der Waals surface area contributed by atoms with Gasteiger partial charge in [-0.15, -0.1) is 13.2 Å². The van der Waals surface area contributed by atoms with Crippen molar-refractivity contribution in [3.8, 4) is 11.5 Å². The highest BCUT2D eigenvalue weighted by Gasteiger charge is 2.31. The van der Waals surface area contributed by atoms with Gasteiger partial charge < -0.3 is 14.9 Å². The minimum Gasteiger partial charge on any atom is -0.406 e. The van der Waals surface area contributed by atoms with Crippen molar-refractivity contribution < 1.29 is 22.7 Å². The maximum absolute atomic E-state index is 12.4. The van der Waals surface area contributed by atoms with Crippen LogP contribution in [0.15, 0.2) is 77.0 Å². The number of hydrogen-bond donors (Lipinski definition) is 2. The number of aryl methyl sites for hydroxylation is 1. The van der Waals surface area contributed by atoms with Gasteiger partial charge in [0.2, 0.25) is 0 Å². The molecule has 6 nitrogen and oxygen atoms in total. The Bertz CT molecular complexity index is 1320. The Morgan fingerprint density at radius 1 is 1.00 bits per heavy atom. The van der Waals surface area contributed by atoms with Gasteiger partial charge in [0.25, 0.3) is 0 Å². The fourth-order valence-corrected chi connectivity index (χ4v) is 4.05. The van der Waals surface area contributed by atoms with Gasteiger partial charge in [-0.1, -0.05) is 37.2 Å². The van der Waals surface area contributed by atoms with Gasteiger partial charge in [-0.05, 0) is 96.2 Å². The Morgan fingerprint density at radius 3 is 2.46 bits per heavy atom. The molecule has 0 aliphatic heterocycles. The number of thiocarbonyl (C=S) groups is 1. The second-order valence-electron chi connectivity index (χ2n) is 8.63. The topological polar surface area (TPSA) is 67.2 Å². The Balaban J connectivity index is 1.30. The average Bonchev–Trinajstić information content (AvgIpc) is 3.25. The zero-order chi connectivity index (χ0) is 26.4. The standard InChI is InChI=1S/C27H25F3N4O2S/c1-17(2)22-5-3-4-6-24(22)32-26(37)33-31-16-18-7-10-20(11-8-18)36-34-25-14-9-19-15-21(12-13-23(19)25)35-27(28,29)30/h3-8,10-13,15-17H,9,14H2,1-2H3,(H2,32,33,37). The molecule has 192 valence electrons. The molecule has 1 aliphatic carbocycles. The van der Waals surface area contributed by atoms with Crippen molar-refractivity contribution in [1.29, 1.82) is 0 Å². The molecule has 3 aromatic rings. The van der Waals surface area contributed by atoms with Crippen molar-refractivity contribution in [3.63, 3.8) is 0 Å². The second kappa shape index (κ2) is 11.4. The minimum atomic E-state index is -4.72. The number of oxime groups is 1. The number of nitrogens with one attached hydrogen (secondary N) is 2. The summed E-state index contributed by atoms with van der Waals surface area (Å²) in [5.41, 5.74) is 7.90. The molecule has 0 heterocycles. The van der Waals surface area contributed by atoms with E-state index in [1.54, 1.807) is 24.4 Å². The third kappa shape index (κ3) is 7.29. The summed E-state index contributed by atoms with van der Waals surface area (Å²) in [4.78, 5) is 5.54. The van der Waals surface area contributed by atoms with Crippen molar-refractivity contribution in [1.82, 2.24) is 5.43 Å². The molecule has 1 aliphatic rings. The molecule has 3 aromatic carbocycles. The second-order valence-corrected chi connectivity index (χ2v) is 9.04. The molecule has 0 saturated heterocycles. The van der Waals surface area contributed by atoms with Crippen molar-refractivity contribution >= 4 is 34.9 Å². The number of para-hydroxylation sites is 1. The first kappa shape index (κ1) is 26.2. The van der Waals surface area contributed by atoms with E-state index in [2.05, 4.69) is 45.7 Å². The molecule has 10 heteroatoms. The van der Waals surface area contributed by atoms with Crippen LogP contribution >= 0.6 is 12.2 Å². The summed E-state index contributed by atoms with van der Waals surface area (Å²) < 4.78 is 41.3. The summed E-state index contributed by atoms with van der Waals surface area (Å²) in [5.74, 6) is 0.637. The largest absolute Gasteiger partial charge is 0.573 e. The zero-order valence-electron chi connectivity index (χ0n) is 20.2. The maximum atomic E-state index is 12.4. The van der Waals surface area contributed by atoms with Crippen molar-refractivity contribution in [2.24, 2.45) is 10.3 Å². The lowest BCUT2D eigenvalue weighted by atomic mass is 10.0. The van der Waals surface area contributed by atoms with Gasteiger partial charge in [-0.2, -0.15) is 5.10 Å². The lowest BCUT2D eigenvalue weighted by Crippen LogP contribution is -2.24. The van der Waals surface area contributed by atoms with Gasteiger partial charge in [0.1, 0.15) is 5.75 Å². The number of rotatable bonds is 7. The van der Waals surface area contributed by atoms with E-state index in [1.807, 2.05) is 30.3 Å². The Hall–Kier alpha value is -3.92. The van der Waals surface area contributed by atoms with Crippen LogP contribution in [-0.4, -0.2) is 23.4 Å². The van der Waals surface area contributed by atoms with E-state index in [4.69, 9.17) is 17.1 Å². The van der Waals surface area contributed by atoms with Gasteiger partial charge in [-0.3, -0.25) is 5.43 Å². The van der Waals surface area contributed by atoms with Gasteiger partial charge >= 0.3 is 6.36 Å². The van der Waals surface area contributed by atoms with Gasteiger partial charge in [0.15, 0.2) is 10.9 Å².